The van der Waals surface area contributed by atoms with Crippen LogP contribution in [0.25, 0.3) is 17.5 Å². The van der Waals surface area contributed by atoms with Crippen LogP contribution >= 0.6 is 15.9 Å². The third-order valence-electron chi connectivity index (χ3n) is 9.94. The number of rotatable bonds is 13. The number of hydrogen-bond acceptors (Lipinski definition) is 15. The molecule has 0 bridgehead atoms. The highest BCUT2D eigenvalue weighted by atomic mass is 79.9. The summed E-state index contributed by atoms with van der Waals surface area (Å²) >= 11 is 2.25. The molecule has 1 atom stereocenters. The average molecular weight is 1330 g/mol. The van der Waals surface area contributed by atoms with E-state index in [9.17, 15) is 31.2 Å². The molecule has 3 amide bonds. The molecule has 87 heavy (non-hydrogen) atoms. The Balaban J connectivity index is -0.000000292. The maximum absolute atomic E-state index is 11.1. The van der Waals surface area contributed by atoms with E-state index in [0.717, 1.165) is 46.1 Å². The summed E-state index contributed by atoms with van der Waals surface area (Å²) in [6.07, 6.45) is 6.63. The minimum absolute atomic E-state index is 0.0682. The van der Waals surface area contributed by atoms with Gasteiger partial charge in [-0.3, -0.25) is 24.3 Å². The molecule has 1 saturated heterocycles. The van der Waals surface area contributed by atoms with E-state index in [0.29, 0.717) is 34.2 Å². The lowest BCUT2D eigenvalue weighted by molar-refractivity contribution is -0.138. The topological polar surface area (TPSA) is 257 Å². The second kappa shape index (κ2) is 51.1. The van der Waals surface area contributed by atoms with E-state index in [1.807, 2.05) is 82.3 Å². The van der Waals surface area contributed by atoms with E-state index in [-0.39, 0.29) is 46.7 Å². The summed E-state index contributed by atoms with van der Waals surface area (Å²) < 4.78 is 69.8. The summed E-state index contributed by atoms with van der Waals surface area (Å²) in [5.41, 5.74) is 5.40. The van der Waals surface area contributed by atoms with Crippen LogP contribution in [0.4, 0.5) is 0 Å². The number of carbonyl (C=O) groups is 3. The first-order valence-corrected chi connectivity index (χ1v) is 32.6. The number of ether oxygens (including phenoxy) is 1. The first kappa shape index (κ1) is 88.8. The largest absolute Gasteiger partial charge is 0.421 e. The molecule has 2 aromatic carbocycles. The van der Waals surface area contributed by atoms with Gasteiger partial charge in [0.15, 0.2) is 25.7 Å². The Hall–Kier alpha value is -7.01. The molecule has 482 valence electrons. The Kier molecular flexibility index (Phi) is 52.1. The number of carbonyl (C=O) groups excluding carboxylic acids is 3. The quantitative estimate of drug-likeness (QED) is 0.0429. The van der Waals surface area contributed by atoms with Gasteiger partial charge in [-0.15, -0.1) is 23.4 Å². The molecule has 1 fully saturated rings. The number of sulfone groups is 2. The number of aryl methyl sites for hydroxylation is 1. The van der Waals surface area contributed by atoms with E-state index in [4.69, 9.17) is 22.8 Å². The van der Waals surface area contributed by atoms with Crippen LogP contribution in [0.15, 0.2) is 144 Å². The molecular weight excluding hydrogens is 1230 g/mol. The number of pyridine rings is 1. The molecule has 17 nitrogen and oxygen atoms in total. The second-order valence-electron chi connectivity index (χ2n) is 21.1. The van der Waals surface area contributed by atoms with Crippen molar-refractivity contribution in [2.45, 2.75) is 160 Å². The number of imide groups is 1. The number of benzene rings is 2. The number of hydrogen-bond donors (Lipinski definition) is 1. The molecule has 0 saturated carbocycles. The molecule has 0 aliphatic carbocycles. The van der Waals surface area contributed by atoms with Crippen LogP contribution < -0.4 is 5.32 Å². The highest BCUT2D eigenvalue weighted by Gasteiger charge is 2.31. The molecule has 21 heteroatoms. The van der Waals surface area contributed by atoms with E-state index in [2.05, 4.69) is 162 Å². The maximum Gasteiger partial charge on any atom is 0.335 e. The molecule has 2 aromatic heterocycles. The highest BCUT2D eigenvalue weighted by molar-refractivity contribution is 9.12. The Morgan fingerprint density at radius 2 is 1.28 bits per heavy atom. The van der Waals surface area contributed by atoms with Gasteiger partial charge in [-0.1, -0.05) is 139 Å². The maximum atomic E-state index is 11.1. The number of nitrogens with one attached hydrogen (secondary N) is 1. The van der Waals surface area contributed by atoms with Crippen LogP contribution in [0, 0.1) is 47.8 Å². The third-order valence-corrected chi connectivity index (χ3v) is 13.9. The summed E-state index contributed by atoms with van der Waals surface area (Å²) in [6, 6.07) is 23.9. The van der Waals surface area contributed by atoms with Crippen molar-refractivity contribution in [3.8, 4) is 29.4 Å². The molecule has 0 radical (unpaired) electrons. The van der Waals surface area contributed by atoms with E-state index in [1.165, 1.54) is 28.2 Å². The number of amides is 3. The number of nitriles is 1. The van der Waals surface area contributed by atoms with Crippen molar-refractivity contribution in [3.63, 3.8) is 0 Å². The highest BCUT2D eigenvalue weighted by Crippen LogP contribution is 2.22. The van der Waals surface area contributed by atoms with Gasteiger partial charge < -0.3 is 14.5 Å². The standard InChI is InChI=1S/C12H14N2O.C12H11N.C7H8BrNO2.C7H7N.C6H11NO.C6H12O2S.C5H10O2S.C5H10O.C4H10.C2H4.O2S/c1-8(2)10-4-6-11(7-5-10)12-14-13-9(3)15-12;1-10(2)12-7-5-11(6-8-12)4-3-9-13;1-4(2)9-6(10)3-5(8)7(9)11;1-2-7-5-3-4-6-8-7;1-4-6(8)7-5(2)3;1-4-9(7,8)5-6(2)3;1-4-8(6,7)5(2)3;1-4(2)5-3-6-5;1-4(2)3;1-2;1-3-2/h4-8H,1-3H3;5-8,10H,1-2H3;3-4H,1-2H3;2-6H,1H2;4-5H,1H2,2-3H3,(H,7,8);4,6H,1,5H2,2-3H3;4-5H,1H2,2-3H3;4-5H,3H2,1-2H3;4H,1-3H3;1-2H2;. The minimum Gasteiger partial charge on any atom is -0.421 e. The zero-order valence-corrected chi connectivity index (χ0v) is 58.5. The molecule has 6 rings (SSSR count). The first-order valence-electron chi connectivity index (χ1n) is 27.8. The molecule has 4 aromatic rings. The van der Waals surface area contributed by atoms with Crippen molar-refractivity contribution >= 4 is 71.0 Å². The monoisotopic (exact) mass is 1320 g/mol. The van der Waals surface area contributed by atoms with Crippen molar-refractivity contribution < 1.29 is 48.8 Å². The van der Waals surface area contributed by atoms with Gasteiger partial charge >= 0.3 is 11.6 Å². The van der Waals surface area contributed by atoms with Gasteiger partial charge in [0.2, 0.25) is 17.7 Å². The van der Waals surface area contributed by atoms with Gasteiger partial charge in [0, 0.05) is 59.1 Å². The van der Waals surface area contributed by atoms with Gasteiger partial charge in [-0.2, -0.15) is 13.7 Å². The number of halogens is 1. The summed E-state index contributed by atoms with van der Waals surface area (Å²) in [6.45, 7) is 55.9. The van der Waals surface area contributed by atoms with Crippen molar-refractivity contribution in [2.24, 2.45) is 17.8 Å². The van der Waals surface area contributed by atoms with Gasteiger partial charge in [-0.25, -0.2) is 16.8 Å². The first-order chi connectivity index (χ1) is 40.5. The van der Waals surface area contributed by atoms with Crippen LogP contribution in [0.3, 0.4) is 0 Å². The van der Waals surface area contributed by atoms with Gasteiger partial charge in [0.1, 0.15) is 0 Å². The van der Waals surface area contributed by atoms with Crippen molar-refractivity contribution in [2.75, 3.05) is 12.4 Å². The van der Waals surface area contributed by atoms with Crippen molar-refractivity contribution in [1.29, 1.82) is 5.26 Å². The number of nitrogens with zero attached hydrogens (tertiary/aromatic N) is 5. The summed E-state index contributed by atoms with van der Waals surface area (Å²) in [7, 11) is -5.93. The molecule has 2 aliphatic heterocycles. The van der Waals surface area contributed by atoms with Crippen LogP contribution in [0.5, 0.6) is 0 Å². The normalized spacial score (nSPS) is 12.2. The van der Waals surface area contributed by atoms with Crippen LogP contribution in [-0.4, -0.2) is 98.9 Å². The smallest absolute Gasteiger partial charge is 0.335 e. The fourth-order valence-electron chi connectivity index (χ4n) is 5.42. The Bertz CT molecular complexity index is 3010. The van der Waals surface area contributed by atoms with Crippen LogP contribution in [0.1, 0.15) is 158 Å². The second-order valence-corrected chi connectivity index (χ2v) is 26.5. The zero-order valence-electron chi connectivity index (χ0n) is 54.5. The zero-order chi connectivity index (χ0) is 68.6. The average Bonchev–Trinajstić information content (AvgIpc) is 4.42. The Morgan fingerprint density at radius 3 is 1.49 bits per heavy atom. The van der Waals surface area contributed by atoms with Gasteiger partial charge in [-0.05, 0) is 147 Å². The summed E-state index contributed by atoms with van der Waals surface area (Å²) in [4.78, 5) is 37.8. The Labute approximate surface area is 534 Å². The van der Waals surface area contributed by atoms with E-state index < -0.39 is 31.2 Å². The SMILES string of the molecule is C=C.C=CC(=O)NC(C)C.C=CS(=O)(=O)C(C)C.C=CS(=O)(=O)CC(C)C.C=Cc1ccccn1.CC(C)C.CC(C)C1CO1.CC(C)N1C(=O)C=C(Br)C1=O.CC(C)c1ccc(C#CC#N)cc1.Cc1nnc(-c2ccc(C(C)C)cc2)o1.O=S=O. The molecule has 0 spiro atoms. The van der Waals surface area contributed by atoms with Crippen molar-refractivity contribution in [3.05, 3.63) is 168 Å². The third kappa shape index (κ3) is 48.8. The Morgan fingerprint density at radius 1 is 0.793 bits per heavy atom. The predicted octanol–water partition coefficient (Wildman–Crippen LogP) is 14.3. The van der Waals surface area contributed by atoms with E-state index in [1.54, 1.807) is 53.0 Å². The summed E-state index contributed by atoms with van der Waals surface area (Å²) in [5.74, 6) is 8.76. The van der Waals surface area contributed by atoms with Gasteiger partial charge in [0.05, 0.1) is 33.9 Å². The lowest BCUT2D eigenvalue weighted by atomic mass is 10.0. The molecule has 1 N–H and O–H groups in total. The van der Waals surface area contributed by atoms with Gasteiger partial charge in [0.25, 0.3) is 11.8 Å². The van der Waals surface area contributed by atoms with E-state index >= 15 is 0 Å². The lowest BCUT2D eigenvalue weighted by Gasteiger charge is -2.17. The lowest BCUT2D eigenvalue weighted by Crippen LogP contribution is -2.36. The number of aromatic nitrogens is 3. The van der Waals surface area contributed by atoms with Crippen molar-refractivity contribution in [1.82, 2.24) is 25.4 Å². The molecule has 1 unspecified atom stereocenters. The van der Waals surface area contributed by atoms with Crippen LogP contribution in [0.2, 0.25) is 0 Å². The predicted molar refractivity (Wildman–Crippen MR) is 362 cm³/mol. The molecule has 2 aliphatic rings. The molecular formula is C66H97BrN6O11S3. The fraction of sp³-hybridized carbons (Fsp3) is 0.439. The fourth-order valence-corrected chi connectivity index (χ4v) is 7.26. The minimum atomic E-state index is -2.97. The molecule has 4 heterocycles. The number of epoxide rings is 1. The van der Waals surface area contributed by atoms with Crippen LogP contribution in [-0.2, 0) is 50.4 Å². The summed E-state index contributed by atoms with van der Waals surface area (Å²) in [5, 5.41) is 20.3.